The lowest BCUT2D eigenvalue weighted by molar-refractivity contribution is 0.204. The second-order valence-corrected chi connectivity index (χ2v) is 4.29. The van der Waals surface area contributed by atoms with Crippen LogP contribution in [0.15, 0.2) is 0 Å². The Morgan fingerprint density at radius 2 is 2.13 bits per heavy atom. The minimum Gasteiger partial charge on any atom is -0.383 e. The van der Waals surface area contributed by atoms with Gasteiger partial charge in [-0.25, -0.2) is 0 Å². The molecule has 0 aliphatic rings. The summed E-state index contributed by atoms with van der Waals surface area (Å²) in [6.45, 7) is 4.62. The van der Waals surface area contributed by atoms with Gasteiger partial charge >= 0.3 is 0 Å². The van der Waals surface area contributed by atoms with Crippen LogP contribution in [0.4, 0.5) is 0 Å². The van der Waals surface area contributed by atoms with Crippen molar-refractivity contribution in [3.8, 4) is 0 Å². The van der Waals surface area contributed by atoms with E-state index in [1.165, 1.54) is 0 Å². The first-order valence-corrected chi connectivity index (χ1v) is 5.65. The lowest BCUT2D eigenvalue weighted by Gasteiger charge is -2.18. The molecule has 0 radical (unpaired) electrons. The molecule has 4 nitrogen and oxygen atoms in total. The molecule has 0 heterocycles. The van der Waals surface area contributed by atoms with Crippen molar-refractivity contribution < 1.29 is 4.74 Å². The van der Waals surface area contributed by atoms with E-state index in [0.29, 0.717) is 17.8 Å². The maximum absolute atomic E-state index is 5.13. The Hall–Kier alpha value is -0.390. The van der Waals surface area contributed by atoms with E-state index in [1.807, 2.05) is 0 Å². The average Bonchev–Trinajstić information content (AvgIpc) is 2.15. The first-order chi connectivity index (χ1) is 7.06. The van der Waals surface area contributed by atoms with E-state index < -0.39 is 0 Å². The molecule has 0 fully saturated rings. The minimum absolute atomic E-state index is 0.398. The van der Waals surface area contributed by atoms with Crippen LogP contribution < -0.4 is 10.6 Å². The quantitative estimate of drug-likeness (QED) is 0.493. The number of nitrogens with one attached hydrogen (secondary N) is 2. The number of thiocarbonyl (C=S) groups is 1. The van der Waals surface area contributed by atoms with E-state index in [2.05, 4.69) is 36.6 Å². The van der Waals surface area contributed by atoms with Gasteiger partial charge in [-0.1, -0.05) is 0 Å². The Morgan fingerprint density at radius 1 is 1.47 bits per heavy atom. The largest absolute Gasteiger partial charge is 0.383 e. The van der Waals surface area contributed by atoms with Crippen molar-refractivity contribution in [2.45, 2.75) is 19.4 Å². The zero-order valence-electron chi connectivity index (χ0n) is 10.2. The Morgan fingerprint density at radius 3 is 2.67 bits per heavy atom. The molecular formula is C10H23N3OS. The Bertz CT molecular complexity index is 176. The molecule has 15 heavy (non-hydrogen) atoms. The molecule has 5 heteroatoms. The highest BCUT2D eigenvalue weighted by molar-refractivity contribution is 7.80. The van der Waals surface area contributed by atoms with E-state index in [1.54, 1.807) is 7.11 Å². The highest BCUT2D eigenvalue weighted by atomic mass is 32.1. The Labute approximate surface area is 98.4 Å². The van der Waals surface area contributed by atoms with Crippen LogP contribution in [0.3, 0.4) is 0 Å². The van der Waals surface area contributed by atoms with Gasteiger partial charge in [0, 0.05) is 19.7 Å². The van der Waals surface area contributed by atoms with Gasteiger partial charge in [-0.15, -0.1) is 0 Å². The monoisotopic (exact) mass is 233 g/mol. The van der Waals surface area contributed by atoms with Gasteiger partial charge < -0.3 is 20.3 Å². The van der Waals surface area contributed by atoms with Gasteiger partial charge in [-0.05, 0) is 46.2 Å². The molecule has 0 aliphatic heterocycles. The van der Waals surface area contributed by atoms with E-state index in [9.17, 15) is 0 Å². The van der Waals surface area contributed by atoms with Gasteiger partial charge in [0.05, 0.1) is 6.61 Å². The Balaban J connectivity index is 3.49. The fourth-order valence-corrected chi connectivity index (χ4v) is 1.37. The fraction of sp³-hybridized carbons (Fsp3) is 0.900. The summed E-state index contributed by atoms with van der Waals surface area (Å²) < 4.78 is 4.92. The summed E-state index contributed by atoms with van der Waals surface area (Å²) in [4.78, 5) is 2.17. The maximum atomic E-state index is 5.13. The van der Waals surface area contributed by atoms with Crippen molar-refractivity contribution in [2.75, 3.05) is 40.9 Å². The summed E-state index contributed by atoms with van der Waals surface area (Å²) in [6, 6.07) is 0.398. The molecule has 0 rings (SSSR count). The predicted octanol–water partition coefficient (Wildman–Crippen LogP) is 0.437. The van der Waals surface area contributed by atoms with Gasteiger partial charge in [0.15, 0.2) is 5.11 Å². The highest BCUT2D eigenvalue weighted by Crippen LogP contribution is 1.91. The molecule has 0 spiro atoms. The van der Waals surface area contributed by atoms with Crippen molar-refractivity contribution >= 4 is 17.3 Å². The summed E-state index contributed by atoms with van der Waals surface area (Å²) >= 11 is 5.13. The van der Waals surface area contributed by atoms with Crippen molar-refractivity contribution in [3.63, 3.8) is 0 Å². The number of hydrogen-bond acceptors (Lipinski definition) is 3. The molecule has 0 aliphatic carbocycles. The highest BCUT2D eigenvalue weighted by Gasteiger charge is 2.03. The van der Waals surface area contributed by atoms with Crippen molar-refractivity contribution in [3.05, 3.63) is 0 Å². The summed E-state index contributed by atoms with van der Waals surface area (Å²) in [7, 11) is 5.82. The molecule has 0 saturated carbocycles. The number of hydrogen-bond donors (Lipinski definition) is 2. The van der Waals surface area contributed by atoms with Crippen LogP contribution in [0.2, 0.25) is 0 Å². The van der Waals surface area contributed by atoms with E-state index >= 15 is 0 Å². The third kappa shape index (κ3) is 9.90. The molecule has 0 saturated heterocycles. The standard InChI is InChI=1S/C10H23N3OS/c1-9(5-7-13(2)3)12-10(15)11-6-8-14-4/h9H,5-8H2,1-4H3,(H2,11,12,15). The van der Waals surface area contributed by atoms with Crippen LogP contribution in [0, 0.1) is 0 Å². The van der Waals surface area contributed by atoms with Gasteiger partial charge in [0.25, 0.3) is 0 Å². The maximum Gasteiger partial charge on any atom is 0.166 e. The summed E-state index contributed by atoms with van der Waals surface area (Å²) in [5.41, 5.74) is 0. The van der Waals surface area contributed by atoms with Gasteiger partial charge in [0.1, 0.15) is 0 Å². The van der Waals surface area contributed by atoms with E-state index in [0.717, 1.165) is 19.5 Å². The number of nitrogens with zero attached hydrogens (tertiary/aromatic N) is 1. The van der Waals surface area contributed by atoms with Crippen LogP contribution in [-0.2, 0) is 4.74 Å². The topological polar surface area (TPSA) is 36.5 Å². The summed E-state index contributed by atoms with van der Waals surface area (Å²) in [5.74, 6) is 0. The number of ether oxygens (including phenoxy) is 1. The lowest BCUT2D eigenvalue weighted by Crippen LogP contribution is -2.42. The molecule has 0 amide bonds. The van der Waals surface area contributed by atoms with Gasteiger partial charge in [-0.2, -0.15) is 0 Å². The molecule has 90 valence electrons. The zero-order chi connectivity index (χ0) is 11.7. The second-order valence-electron chi connectivity index (χ2n) is 3.89. The SMILES string of the molecule is COCCNC(=S)NC(C)CCN(C)C. The fourth-order valence-electron chi connectivity index (χ4n) is 1.07. The predicted molar refractivity (Wildman–Crippen MR) is 68.2 cm³/mol. The van der Waals surface area contributed by atoms with Crippen LogP contribution in [0.1, 0.15) is 13.3 Å². The molecule has 1 atom stereocenters. The molecular weight excluding hydrogens is 210 g/mol. The molecule has 0 bridgehead atoms. The van der Waals surface area contributed by atoms with Crippen LogP contribution >= 0.6 is 12.2 Å². The molecule has 0 aromatic rings. The molecule has 0 aromatic carbocycles. The van der Waals surface area contributed by atoms with Crippen LogP contribution in [-0.4, -0.2) is 57.0 Å². The molecule has 1 unspecified atom stereocenters. The van der Waals surface area contributed by atoms with Crippen molar-refractivity contribution in [1.82, 2.24) is 15.5 Å². The first-order valence-electron chi connectivity index (χ1n) is 5.24. The van der Waals surface area contributed by atoms with Gasteiger partial charge in [0.2, 0.25) is 0 Å². The van der Waals surface area contributed by atoms with Crippen LogP contribution in [0.5, 0.6) is 0 Å². The lowest BCUT2D eigenvalue weighted by atomic mass is 10.2. The smallest absolute Gasteiger partial charge is 0.166 e. The number of methoxy groups -OCH3 is 1. The van der Waals surface area contributed by atoms with E-state index in [4.69, 9.17) is 17.0 Å². The third-order valence-electron chi connectivity index (χ3n) is 1.98. The summed E-state index contributed by atoms with van der Waals surface area (Å²) in [6.07, 6.45) is 1.08. The third-order valence-corrected chi connectivity index (χ3v) is 2.24. The minimum atomic E-state index is 0.398. The first kappa shape index (κ1) is 14.6. The normalized spacial score (nSPS) is 12.6. The molecule has 0 aromatic heterocycles. The van der Waals surface area contributed by atoms with Gasteiger partial charge in [-0.3, -0.25) is 0 Å². The summed E-state index contributed by atoms with van der Waals surface area (Å²) in [5, 5.41) is 7.02. The number of rotatable bonds is 7. The zero-order valence-corrected chi connectivity index (χ0v) is 11.0. The van der Waals surface area contributed by atoms with Crippen LogP contribution in [0.25, 0.3) is 0 Å². The molecule has 2 N–H and O–H groups in total. The van der Waals surface area contributed by atoms with Crippen molar-refractivity contribution in [1.29, 1.82) is 0 Å². The second kappa shape index (κ2) is 8.88. The Kier molecular flexibility index (Phi) is 8.65. The average molecular weight is 233 g/mol. The van der Waals surface area contributed by atoms with E-state index in [-0.39, 0.29) is 0 Å². The van der Waals surface area contributed by atoms with Crippen molar-refractivity contribution in [2.24, 2.45) is 0 Å².